The van der Waals surface area contributed by atoms with E-state index in [-0.39, 0.29) is 24.0 Å². The molecular weight excluding hydrogens is 360 g/mol. The molecule has 2 aliphatic rings. The standard InChI is InChI=1S/C20H14N4O4/c21-8-13-16(10-1-4-12(25)5-2-10)17-18(23-24-20(17)28-19(13)22)11-3-6-14-15(7-11)27-9-26-14/h1-7,16,25H,9,22H2,(H,23,24)/t16-/m0/s1. The summed E-state index contributed by atoms with van der Waals surface area (Å²) >= 11 is 0. The molecule has 2 aromatic carbocycles. The summed E-state index contributed by atoms with van der Waals surface area (Å²) in [4.78, 5) is 0. The molecule has 0 saturated carbocycles. The minimum Gasteiger partial charge on any atom is -0.508 e. The molecule has 0 radical (unpaired) electrons. The lowest BCUT2D eigenvalue weighted by Gasteiger charge is -2.24. The Morgan fingerprint density at radius 2 is 1.93 bits per heavy atom. The lowest BCUT2D eigenvalue weighted by molar-refractivity contribution is 0.174. The molecule has 0 saturated heterocycles. The number of fused-ring (bicyclic) bond motifs is 2. The monoisotopic (exact) mass is 374 g/mol. The summed E-state index contributed by atoms with van der Waals surface area (Å²) in [5, 5.41) is 26.6. The topological polar surface area (TPSA) is 126 Å². The normalized spacial score (nSPS) is 17.0. The molecule has 1 atom stereocenters. The fraction of sp³-hybridized carbons (Fsp3) is 0.100. The van der Waals surface area contributed by atoms with E-state index in [2.05, 4.69) is 16.3 Å². The lowest BCUT2D eigenvalue weighted by atomic mass is 9.83. The molecule has 0 aliphatic carbocycles. The third-order valence-corrected chi connectivity index (χ3v) is 4.83. The molecule has 28 heavy (non-hydrogen) atoms. The molecule has 3 heterocycles. The first kappa shape index (κ1) is 16.1. The first-order valence-corrected chi connectivity index (χ1v) is 8.50. The van der Waals surface area contributed by atoms with Crippen molar-refractivity contribution in [2.45, 2.75) is 5.92 Å². The Labute approximate surface area is 159 Å². The van der Waals surface area contributed by atoms with Gasteiger partial charge in [0.2, 0.25) is 18.6 Å². The molecule has 5 rings (SSSR count). The number of nitrogens with two attached hydrogens (primary N) is 1. The van der Waals surface area contributed by atoms with Crippen molar-refractivity contribution >= 4 is 0 Å². The van der Waals surface area contributed by atoms with Crippen molar-refractivity contribution in [1.29, 1.82) is 5.26 Å². The highest BCUT2D eigenvalue weighted by atomic mass is 16.7. The van der Waals surface area contributed by atoms with Crippen LogP contribution in [-0.2, 0) is 0 Å². The van der Waals surface area contributed by atoms with Crippen LogP contribution < -0.4 is 19.9 Å². The van der Waals surface area contributed by atoms with Crippen LogP contribution in [0.2, 0.25) is 0 Å². The average Bonchev–Trinajstić information content (AvgIpc) is 3.33. The van der Waals surface area contributed by atoms with E-state index in [1.807, 2.05) is 18.2 Å². The molecule has 8 nitrogen and oxygen atoms in total. The van der Waals surface area contributed by atoms with Gasteiger partial charge in [-0.1, -0.05) is 12.1 Å². The number of aromatic hydroxyl groups is 1. The van der Waals surface area contributed by atoms with Gasteiger partial charge in [-0.15, -0.1) is 5.10 Å². The van der Waals surface area contributed by atoms with Crippen molar-refractivity contribution in [3.05, 3.63) is 65.0 Å². The first-order chi connectivity index (χ1) is 13.7. The van der Waals surface area contributed by atoms with Crippen LogP contribution in [0.25, 0.3) is 11.3 Å². The molecule has 3 aromatic rings. The van der Waals surface area contributed by atoms with Gasteiger partial charge in [0.15, 0.2) is 11.5 Å². The van der Waals surface area contributed by atoms with Crippen LogP contribution in [0.15, 0.2) is 53.9 Å². The average molecular weight is 374 g/mol. The summed E-state index contributed by atoms with van der Waals surface area (Å²) in [5.41, 5.74) is 9.23. The van der Waals surface area contributed by atoms with Crippen LogP contribution in [-0.4, -0.2) is 22.1 Å². The second-order valence-electron chi connectivity index (χ2n) is 6.40. The number of aromatic amines is 1. The predicted octanol–water partition coefficient (Wildman–Crippen LogP) is 2.73. The van der Waals surface area contributed by atoms with Crippen molar-refractivity contribution in [3.63, 3.8) is 0 Å². The van der Waals surface area contributed by atoms with E-state index < -0.39 is 5.92 Å². The number of nitriles is 1. The number of benzene rings is 2. The van der Waals surface area contributed by atoms with Gasteiger partial charge < -0.3 is 25.1 Å². The van der Waals surface area contributed by atoms with Crippen molar-refractivity contribution in [3.8, 4) is 40.5 Å². The maximum absolute atomic E-state index is 9.71. The van der Waals surface area contributed by atoms with Crippen LogP contribution in [0, 0.1) is 11.3 Å². The van der Waals surface area contributed by atoms with Gasteiger partial charge in [-0.3, -0.25) is 5.10 Å². The molecular formula is C20H14N4O4. The fourth-order valence-corrected chi connectivity index (χ4v) is 3.52. The minimum absolute atomic E-state index is 0.0109. The van der Waals surface area contributed by atoms with Crippen LogP contribution in [0.4, 0.5) is 0 Å². The van der Waals surface area contributed by atoms with Crippen molar-refractivity contribution in [1.82, 2.24) is 10.2 Å². The van der Waals surface area contributed by atoms with E-state index in [0.29, 0.717) is 28.6 Å². The summed E-state index contributed by atoms with van der Waals surface area (Å²) in [6.07, 6.45) is 0. The Morgan fingerprint density at radius 1 is 1.14 bits per heavy atom. The number of nitrogens with zero attached hydrogens (tertiary/aromatic N) is 2. The molecule has 4 N–H and O–H groups in total. The minimum atomic E-state index is -0.492. The Balaban J connectivity index is 1.70. The summed E-state index contributed by atoms with van der Waals surface area (Å²) in [6.45, 7) is 0.178. The van der Waals surface area contributed by atoms with E-state index in [9.17, 15) is 10.4 Å². The van der Waals surface area contributed by atoms with Gasteiger partial charge in [-0.25, -0.2) is 0 Å². The Morgan fingerprint density at radius 3 is 2.71 bits per heavy atom. The zero-order valence-corrected chi connectivity index (χ0v) is 14.5. The second kappa shape index (κ2) is 5.96. The number of hydrogen-bond acceptors (Lipinski definition) is 7. The number of H-pyrrole nitrogens is 1. The van der Waals surface area contributed by atoms with E-state index in [1.165, 1.54) is 0 Å². The van der Waals surface area contributed by atoms with Gasteiger partial charge in [-0.2, -0.15) is 5.26 Å². The predicted molar refractivity (Wildman–Crippen MR) is 97.6 cm³/mol. The van der Waals surface area contributed by atoms with Gasteiger partial charge in [0.1, 0.15) is 17.4 Å². The molecule has 0 amide bonds. The second-order valence-corrected chi connectivity index (χ2v) is 6.40. The highest BCUT2D eigenvalue weighted by molar-refractivity contribution is 5.73. The summed E-state index contributed by atoms with van der Waals surface area (Å²) in [7, 11) is 0. The van der Waals surface area contributed by atoms with Crippen LogP contribution in [0.3, 0.4) is 0 Å². The maximum Gasteiger partial charge on any atom is 0.244 e. The Kier molecular flexibility index (Phi) is 3.42. The Bertz CT molecular complexity index is 1160. The SMILES string of the molecule is N#CC1=C(N)Oc2n[nH]c(-c3ccc4c(c3)OCO4)c2[C@H]1c1ccc(O)cc1. The molecule has 138 valence electrons. The van der Waals surface area contributed by atoms with E-state index in [0.717, 1.165) is 11.1 Å². The number of phenolic OH excluding ortho intramolecular Hbond substituents is 1. The molecule has 0 spiro atoms. The molecule has 0 fully saturated rings. The van der Waals surface area contributed by atoms with E-state index in [1.54, 1.807) is 24.3 Å². The number of allylic oxidation sites excluding steroid dienone is 1. The Hall–Kier alpha value is -4.12. The number of aromatic nitrogens is 2. The molecule has 1 aromatic heterocycles. The smallest absolute Gasteiger partial charge is 0.244 e. The number of nitrogens with one attached hydrogen (secondary N) is 1. The summed E-state index contributed by atoms with van der Waals surface area (Å²) in [6, 6.07) is 14.3. The van der Waals surface area contributed by atoms with Crippen molar-refractivity contribution < 1.29 is 19.3 Å². The zero-order chi connectivity index (χ0) is 19.3. The van der Waals surface area contributed by atoms with Crippen LogP contribution in [0.1, 0.15) is 17.0 Å². The summed E-state index contributed by atoms with van der Waals surface area (Å²) < 4.78 is 16.4. The van der Waals surface area contributed by atoms with E-state index >= 15 is 0 Å². The highest BCUT2D eigenvalue weighted by Gasteiger charge is 2.35. The molecule has 0 unspecified atom stereocenters. The van der Waals surface area contributed by atoms with Gasteiger partial charge in [0.05, 0.1) is 17.2 Å². The largest absolute Gasteiger partial charge is 0.508 e. The van der Waals surface area contributed by atoms with Gasteiger partial charge >= 0.3 is 0 Å². The van der Waals surface area contributed by atoms with Gasteiger partial charge in [0.25, 0.3) is 0 Å². The van der Waals surface area contributed by atoms with Gasteiger partial charge in [0, 0.05) is 5.56 Å². The number of rotatable bonds is 2. The quantitative estimate of drug-likeness (QED) is 0.629. The fourth-order valence-electron chi connectivity index (χ4n) is 3.52. The third-order valence-electron chi connectivity index (χ3n) is 4.83. The first-order valence-electron chi connectivity index (χ1n) is 8.50. The van der Waals surface area contributed by atoms with Crippen LogP contribution in [0.5, 0.6) is 23.1 Å². The molecule has 0 bridgehead atoms. The lowest BCUT2D eigenvalue weighted by Crippen LogP contribution is -2.20. The zero-order valence-electron chi connectivity index (χ0n) is 14.5. The molecule has 8 heteroatoms. The number of hydrogen-bond donors (Lipinski definition) is 3. The maximum atomic E-state index is 9.71. The van der Waals surface area contributed by atoms with Crippen molar-refractivity contribution in [2.24, 2.45) is 5.73 Å². The highest BCUT2D eigenvalue weighted by Crippen LogP contribution is 2.47. The van der Waals surface area contributed by atoms with Crippen LogP contribution >= 0.6 is 0 Å². The van der Waals surface area contributed by atoms with Gasteiger partial charge in [-0.05, 0) is 35.9 Å². The van der Waals surface area contributed by atoms with Crippen molar-refractivity contribution in [2.75, 3.05) is 6.79 Å². The number of phenols is 1. The third kappa shape index (κ3) is 2.34. The van der Waals surface area contributed by atoms with E-state index in [4.69, 9.17) is 19.9 Å². The molecule has 2 aliphatic heterocycles. The number of ether oxygens (including phenoxy) is 3. The summed E-state index contributed by atoms with van der Waals surface area (Å²) in [5.74, 6) is 1.27.